The number of aromatic hydroxyl groups is 1. The predicted molar refractivity (Wildman–Crippen MR) is 88.7 cm³/mol. The monoisotopic (exact) mass is 362 g/mol. The maximum Gasteiger partial charge on any atom is 0.573 e. The van der Waals surface area contributed by atoms with E-state index in [4.69, 9.17) is 4.42 Å². The van der Waals surface area contributed by atoms with E-state index in [9.17, 15) is 18.3 Å². The van der Waals surface area contributed by atoms with Gasteiger partial charge in [0.25, 0.3) is 0 Å². The summed E-state index contributed by atoms with van der Waals surface area (Å²) < 4.78 is 45.4. The van der Waals surface area contributed by atoms with Crippen molar-refractivity contribution in [2.45, 2.75) is 13.3 Å². The first-order valence-corrected chi connectivity index (χ1v) is 7.47. The largest absolute Gasteiger partial charge is 0.573 e. The fraction of sp³-hybridized carbons (Fsp3) is 0.111. The smallest absolute Gasteiger partial charge is 0.479 e. The average molecular weight is 362 g/mol. The van der Waals surface area contributed by atoms with Crippen molar-refractivity contribution in [2.24, 2.45) is 4.99 Å². The number of aryl methyl sites for hydroxylation is 1. The normalized spacial score (nSPS) is 11.8. The highest BCUT2D eigenvalue weighted by molar-refractivity contribution is 5.82. The summed E-state index contributed by atoms with van der Waals surface area (Å²) >= 11 is 0. The van der Waals surface area contributed by atoms with E-state index in [1.165, 1.54) is 18.3 Å². The van der Waals surface area contributed by atoms with Crippen molar-refractivity contribution in [3.05, 3.63) is 59.8 Å². The summed E-state index contributed by atoms with van der Waals surface area (Å²) in [5, 5.41) is 9.83. The van der Waals surface area contributed by atoms with Crippen LogP contribution in [0.4, 0.5) is 18.9 Å². The minimum absolute atomic E-state index is 0.108. The Kier molecular flexibility index (Phi) is 4.66. The van der Waals surface area contributed by atoms with Crippen LogP contribution in [0.2, 0.25) is 0 Å². The van der Waals surface area contributed by atoms with Gasteiger partial charge in [0, 0.05) is 5.56 Å². The van der Waals surface area contributed by atoms with Crippen LogP contribution in [0.1, 0.15) is 11.3 Å². The lowest BCUT2D eigenvalue weighted by Crippen LogP contribution is -2.16. The Labute approximate surface area is 146 Å². The zero-order valence-electron chi connectivity index (χ0n) is 13.5. The first kappa shape index (κ1) is 17.5. The molecular formula is C18H13F3N2O3. The number of oxazole rings is 1. The predicted octanol–water partition coefficient (Wildman–Crippen LogP) is 5.00. The van der Waals surface area contributed by atoms with Crippen molar-refractivity contribution in [2.75, 3.05) is 0 Å². The third-order valence-electron chi connectivity index (χ3n) is 3.34. The summed E-state index contributed by atoms with van der Waals surface area (Å²) in [4.78, 5) is 8.20. The van der Waals surface area contributed by atoms with E-state index in [1.807, 2.05) is 19.1 Å². The number of hydrogen-bond donors (Lipinski definition) is 1. The minimum Gasteiger partial charge on any atom is -0.479 e. The number of benzene rings is 2. The van der Waals surface area contributed by atoms with Crippen LogP contribution >= 0.6 is 0 Å². The second-order valence-electron chi connectivity index (χ2n) is 5.38. The van der Waals surface area contributed by atoms with Gasteiger partial charge in [0.15, 0.2) is 5.69 Å². The maximum atomic E-state index is 12.1. The van der Waals surface area contributed by atoms with E-state index in [2.05, 4.69) is 14.7 Å². The van der Waals surface area contributed by atoms with Crippen LogP contribution < -0.4 is 4.74 Å². The zero-order valence-corrected chi connectivity index (χ0v) is 13.5. The standard InChI is InChI=1S/C18H13F3N2O3/c1-11-2-4-12(5-3-11)16-23-15(17(24)25-16)10-22-13-6-8-14(9-7-13)26-18(19,20)21/h2-10,24H,1H3. The van der Waals surface area contributed by atoms with Gasteiger partial charge in [-0.1, -0.05) is 17.7 Å². The fourth-order valence-electron chi connectivity index (χ4n) is 2.10. The van der Waals surface area contributed by atoms with Crippen molar-refractivity contribution in [3.63, 3.8) is 0 Å². The molecule has 0 aliphatic heterocycles. The van der Waals surface area contributed by atoms with Crippen LogP contribution in [0.5, 0.6) is 11.7 Å². The van der Waals surface area contributed by atoms with Crippen molar-refractivity contribution in [3.8, 4) is 23.1 Å². The molecule has 26 heavy (non-hydrogen) atoms. The Morgan fingerprint density at radius 2 is 1.73 bits per heavy atom. The molecular weight excluding hydrogens is 349 g/mol. The Bertz CT molecular complexity index is 914. The molecule has 0 saturated heterocycles. The molecule has 0 bridgehead atoms. The Morgan fingerprint density at radius 3 is 2.35 bits per heavy atom. The molecule has 0 saturated carbocycles. The van der Waals surface area contributed by atoms with Gasteiger partial charge in [-0.05, 0) is 43.3 Å². The van der Waals surface area contributed by atoms with Crippen LogP contribution in [-0.2, 0) is 0 Å². The van der Waals surface area contributed by atoms with Crippen LogP contribution in [-0.4, -0.2) is 22.7 Å². The number of rotatable bonds is 4. The third-order valence-corrected chi connectivity index (χ3v) is 3.34. The summed E-state index contributed by atoms with van der Waals surface area (Å²) in [6.07, 6.45) is -3.49. The lowest BCUT2D eigenvalue weighted by Gasteiger charge is -2.08. The second-order valence-corrected chi connectivity index (χ2v) is 5.38. The van der Waals surface area contributed by atoms with Gasteiger partial charge in [-0.25, -0.2) is 4.98 Å². The fourth-order valence-corrected chi connectivity index (χ4v) is 2.10. The molecule has 0 unspecified atom stereocenters. The number of hydrogen-bond acceptors (Lipinski definition) is 5. The summed E-state index contributed by atoms with van der Waals surface area (Å²) in [5.41, 5.74) is 2.23. The van der Waals surface area contributed by atoms with Gasteiger partial charge in [0.05, 0.1) is 11.9 Å². The van der Waals surface area contributed by atoms with Gasteiger partial charge in [-0.15, -0.1) is 13.2 Å². The molecule has 0 atom stereocenters. The molecule has 134 valence electrons. The molecule has 1 N–H and O–H groups in total. The molecule has 0 radical (unpaired) electrons. The Hall–Kier alpha value is -3.29. The van der Waals surface area contributed by atoms with Crippen LogP contribution in [0, 0.1) is 6.92 Å². The molecule has 0 amide bonds. The molecule has 8 heteroatoms. The Balaban J connectivity index is 1.75. The number of aliphatic imine (C=N–C) groups is 1. The van der Waals surface area contributed by atoms with Crippen molar-refractivity contribution < 1.29 is 27.4 Å². The van der Waals surface area contributed by atoms with E-state index >= 15 is 0 Å². The number of alkyl halides is 3. The van der Waals surface area contributed by atoms with Gasteiger partial charge >= 0.3 is 12.3 Å². The highest BCUT2D eigenvalue weighted by atomic mass is 19.4. The number of ether oxygens (including phenoxy) is 1. The summed E-state index contributed by atoms with van der Waals surface area (Å²) in [5.74, 6) is -0.512. The van der Waals surface area contributed by atoms with Gasteiger partial charge < -0.3 is 14.3 Å². The minimum atomic E-state index is -4.75. The zero-order chi connectivity index (χ0) is 18.7. The molecule has 0 aliphatic rings. The topological polar surface area (TPSA) is 67.9 Å². The molecule has 0 aliphatic carbocycles. The summed E-state index contributed by atoms with van der Waals surface area (Å²) in [6, 6.07) is 12.3. The molecule has 0 spiro atoms. The quantitative estimate of drug-likeness (QED) is 0.663. The average Bonchev–Trinajstić information content (AvgIpc) is 2.94. The summed E-state index contributed by atoms with van der Waals surface area (Å²) in [6.45, 7) is 1.94. The molecule has 2 aromatic carbocycles. The van der Waals surface area contributed by atoms with E-state index < -0.39 is 12.3 Å². The lowest BCUT2D eigenvalue weighted by molar-refractivity contribution is -0.274. The van der Waals surface area contributed by atoms with Crippen LogP contribution in [0.3, 0.4) is 0 Å². The van der Waals surface area contributed by atoms with Gasteiger partial charge in [0.2, 0.25) is 5.89 Å². The number of aromatic nitrogens is 1. The molecule has 5 nitrogen and oxygen atoms in total. The van der Waals surface area contributed by atoms with Crippen molar-refractivity contribution >= 4 is 11.9 Å². The van der Waals surface area contributed by atoms with Gasteiger partial charge in [-0.2, -0.15) is 0 Å². The summed E-state index contributed by atoms with van der Waals surface area (Å²) in [7, 11) is 0. The van der Waals surface area contributed by atoms with Crippen molar-refractivity contribution in [1.82, 2.24) is 4.98 Å². The third kappa shape index (κ3) is 4.41. The number of nitrogens with zero attached hydrogens (tertiary/aromatic N) is 2. The molecule has 0 fully saturated rings. The van der Waals surface area contributed by atoms with E-state index in [0.29, 0.717) is 11.3 Å². The van der Waals surface area contributed by atoms with E-state index in [-0.39, 0.29) is 17.3 Å². The van der Waals surface area contributed by atoms with E-state index in [1.54, 1.807) is 12.1 Å². The maximum absolute atomic E-state index is 12.1. The van der Waals surface area contributed by atoms with E-state index in [0.717, 1.165) is 17.7 Å². The highest BCUT2D eigenvalue weighted by Crippen LogP contribution is 2.27. The first-order valence-electron chi connectivity index (χ1n) is 7.47. The van der Waals surface area contributed by atoms with Crippen molar-refractivity contribution in [1.29, 1.82) is 0 Å². The lowest BCUT2D eigenvalue weighted by atomic mass is 10.1. The molecule has 1 heterocycles. The highest BCUT2D eigenvalue weighted by Gasteiger charge is 2.30. The van der Waals surface area contributed by atoms with Gasteiger partial charge in [-0.3, -0.25) is 4.99 Å². The van der Waals surface area contributed by atoms with Crippen LogP contribution in [0.15, 0.2) is 57.9 Å². The first-order chi connectivity index (χ1) is 12.3. The molecule has 3 aromatic rings. The SMILES string of the molecule is Cc1ccc(-c2nc(C=Nc3ccc(OC(F)(F)F)cc3)c(O)o2)cc1. The van der Waals surface area contributed by atoms with Gasteiger partial charge in [0.1, 0.15) is 5.75 Å². The Morgan fingerprint density at radius 1 is 1.08 bits per heavy atom. The number of halogens is 3. The second kappa shape index (κ2) is 6.91. The molecule has 1 aromatic heterocycles. The molecule has 3 rings (SSSR count). The van der Waals surface area contributed by atoms with Crippen LogP contribution in [0.25, 0.3) is 11.5 Å².